The van der Waals surface area contributed by atoms with Gasteiger partial charge in [-0.25, -0.2) is 4.79 Å². The third-order valence-electron chi connectivity index (χ3n) is 5.74. The standard InChI is InChI=1S/C24H34F12O5/c1-3-4-5-6-7-9-19(25,26)21(29,30)23(33,34)24(35,36)22(31,32)20(27,28)10-8-12-41-18(38)17(2)16-40-15-14-39-13-11-37/h37H,2-16H2,1H3. The molecule has 0 rings (SSSR count). The predicted octanol–water partition coefficient (Wildman–Crippen LogP) is 7.06. The topological polar surface area (TPSA) is 65.0 Å². The Morgan fingerprint density at radius 3 is 1.59 bits per heavy atom. The molecule has 244 valence electrons. The number of ether oxygens (including phenoxy) is 3. The van der Waals surface area contributed by atoms with Crippen molar-refractivity contribution in [3.63, 3.8) is 0 Å². The Morgan fingerprint density at radius 1 is 0.634 bits per heavy atom. The minimum Gasteiger partial charge on any atom is -0.462 e. The van der Waals surface area contributed by atoms with E-state index < -0.39 is 86.0 Å². The van der Waals surface area contributed by atoms with E-state index in [1.54, 1.807) is 6.92 Å². The fraction of sp³-hybridized carbons (Fsp3) is 0.875. The average molecular weight is 631 g/mol. The molecule has 0 heterocycles. The molecule has 0 amide bonds. The van der Waals surface area contributed by atoms with Gasteiger partial charge < -0.3 is 19.3 Å². The Balaban J connectivity index is 5.23. The molecule has 1 N–H and O–H groups in total. The maximum atomic E-state index is 14.0. The van der Waals surface area contributed by atoms with Crippen molar-refractivity contribution < 1.29 is 76.8 Å². The summed E-state index contributed by atoms with van der Waals surface area (Å²) in [5.41, 5.74) is -0.399. The number of carbonyl (C=O) groups excluding carboxylic acids is 1. The molecule has 0 aliphatic carbocycles. The van der Waals surface area contributed by atoms with Crippen LogP contribution in [0.4, 0.5) is 52.7 Å². The van der Waals surface area contributed by atoms with Gasteiger partial charge >= 0.3 is 41.5 Å². The molecule has 0 unspecified atom stereocenters. The van der Waals surface area contributed by atoms with Crippen molar-refractivity contribution in [2.45, 2.75) is 93.8 Å². The molecule has 41 heavy (non-hydrogen) atoms. The van der Waals surface area contributed by atoms with Gasteiger partial charge in [0.1, 0.15) is 0 Å². The zero-order valence-electron chi connectivity index (χ0n) is 22.2. The highest BCUT2D eigenvalue weighted by Crippen LogP contribution is 2.61. The number of unbranched alkanes of at least 4 members (excludes halogenated alkanes) is 4. The third-order valence-corrected chi connectivity index (χ3v) is 5.74. The second-order valence-electron chi connectivity index (χ2n) is 9.10. The van der Waals surface area contributed by atoms with Gasteiger partial charge in [-0.2, -0.15) is 52.7 Å². The van der Waals surface area contributed by atoms with Crippen LogP contribution in [0.1, 0.15) is 58.3 Å². The van der Waals surface area contributed by atoms with Crippen molar-refractivity contribution in [1.82, 2.24) is 0 Å². The molecular weight excluding hydrogens is 596 g/mol. The van der Waals surface area contributed by atoms with Gasteiger partial charge in [0.25, 0.3) is 0 Å². The highest BCUT2D eigenvalue weighted by molar-refractivity contribution is 5.87. The first kappa shape index (κ1) is 39.2. The van der Waals surface area contributed by atoms with E-state index in [0.29, 0.717) is 12.8 Å². The van der Waals surface area contributed by atoms with E-state index in [9.17, 15) is 57.5 Å². The summed E-state index contributed by atoms with van der Waals surface area (Å²) in [7, 11) is 0. The van der Waals surface area contributed by atoms with E-state index in [1.807, 2.05) is 0 Å². The molecule has 0 aliphatic heterocycles. The lowest BCUT2D eigenvalue weighted by molar-refractivity contribution is -0.425. The molecule has 0 aromatic carbocycles. The maximum Gasteiger partial charge on any atom is 0.384 e. The van der Waals surface area contributed by atoms with Crippen molar-refractivity contribution in [2.24, 2.45) is 0 Å². The van der Waals surface area contributed by atoms with Crippen LogP contribution in [0.15, 0.2) is 12.2 Å². The number of hydrogen-bond donors (Lipinski definition) is 1. The van der Waals surface area contributed by atoms with E-state index in [4.69, 9.17) is 14.6 Å². The SMILES string of the molecule is C=C(COCCOCCO)C(=O)OCCCC(F)(F)C(F)(F)C(F)(F)C(F)(F)C(F)(F)C(F)(F)CCCCCCC. The summed E-state index contributed by atoms with van der Waals surface area (Å²) in [5, 5.41) is 8.51. The summed E-state index contributed by atoms with van der Waals surface area (Å²) in [4.78, 5) is 11.7. The second-order valence-corrected chi connectivity index (χ2v) is 9.10. The number of hydrogen-bond acceptors (Lipinski definition) is 5. The van der Waals surface area contributed by atoms with Crippen LogP contribution in [0.25, 0.3) is 0 Å². The number of rotatable bonds is 23. The lowest BCUT2D eigenvalue weighted by atomic mass is 9.88. The molecule has 0 atom stereocenters. The van der Waals surface area contributed by atoms with Crippen LogP contribution in [0.2, 0.25) is 0 Å². The zero-order chi connectivity index (χ0) is 32.2. The molecule has 0 saturated heterocycles. The number of alkyl halides is 12. The van der Waals surface area contributed by atoms with Crippen molar-refractivity contribution in [2.75, 3.05) is 39.6 Å². The van der Waals surface area contributed by atoms with Gasteiger partial charge in [0.05, 0.1) is 45.2 Å². The third kappa shape index (κ3) is 9.90. The number of aliphatic hydroxyl groups excluding tert-OH is 1. The molecular formula is C24H34F12O5. The molecule has 5 nitrogen and oxygen atoms in total. The lowest BCUT2D eigenvalue weighted by Gasteiger charge is -2.41. The van der Waals surface area contributed by atoms with Gasteiger partial charge in [-0.1, -0.05) is 39.2 Å². The number of carbonyl (C=O) groups is 1. The Morgan fingerprint density at radius 2 is 1.10 bits per heavy atom. The van der Waals surface area contributed by atoms with E-state index in [0.717, 1.165) is 0 Å². The van der Waals surface area contributed by atoms with Crippen LogP contribution in [0.5, 0.6) is 0 Å². The Bertz CT molecular complexity index is 806. The second kappa shape index (κ2) is 16.2. The zero-order valence-corrected chi connectivity index (χ0v) is 22.2. The molecule has 0 radical (unpaired) electrons. The van der Waals surface area contributed by atoms with Gasteiger partial charge in [0.15, 0.2) is 0 Å². The summed E-state index contributed by atoms with van der Waals surface area (Å²) in [5.74, 6) is -42.9. The molecule has 0 spiro atoms. The Kier molecular flexibility index (Phi) is 15.5. The molecule has 0 bridgehead atoms. The average Bonchev–Trinajstić information content (AvgIpc) is 2.87. The summed E-state index contributed by atoms with van der Waals surface area (Å²) < 4.78 is 182. The van der Waals surface area contributed by atoms with E-state index >= 15 is 0 Å². The fourth-order valence-corrected chi connectivity index (χ4v) is 3.22. The molecule has 0 saturated carbocycles. The van der Waals surface area contributed by atoms with Crippen molar-refractivity contribution in [1.29, 1.82) is 0 Å². The minimum atomic E-state index is -7.62. The molecule has 0 fully saturated rings. The van der Waals surface area contributed by atoms with Gasteiger partial charge in [-0.3, -0.25) is 0 Å². The molecule has 0 aromatic heterocycles. The first-order chi connectivity index (χ1) is 18.7. The molecule has 0 aliphatic rings. The molecule has 17 heteroatoms. The van der Waals surface area contributed by atoms with E-state index in [2.05, 4.69) is 11.3 Å². The van der Waals surface area contributed by atoms with Crippen LogP contribution in [0.3, 0.4) is 0 Å². The van der Waals surface area contributed by atoms with Crippen LogP contribution >= 0.6 is 0 Å². The monoisotopic (exact) mass is 630 g/mol. The maximum absolute atomic E-state index is 14.0. The predicted molar refractivity (Wildman–Crippen MR) is 121 cm³/mol. The van der Waals surface area contributed by atoms with Crippen LogP contribution in [-0.4, -0.2) is 86.3 Å². The summed E-state index contributed by atoms with van der Waals surface area (Å²) >= 11 is 0. The largest absolute Gasteiger partial charge is 0.462 e. The van der Waals surface area contributed by atoms with Gasteiger partial charge in [-0.05, 0) is 12.8 Å². The highest BCUT2D eigenvalue weighted by Gasteiger charge is 2.89. The van der Waals surface area contributed by atoms with Gasteiger partial charge in [-0.15, -0.1) is 0 Å². The summed E-state index contributed by atoms with van der Waals surface area (Å²) in [6.07, 6.45) is -5.55. The summed E-state index contributed by atoms with van der Waals surface area (Å²) in [6.45, 7) is 3.01. The minimum absolute atomic E-state index is 0.00764. The van der Waals surface area contributed by atoms with E-state index in [1.165, 1.54) is 0 Å². The van der Waals surface area contributed by atoms with Crippen LogP contribution < -0.4 is 0 Å². The number of aliphatic hydroxyl groups is 1. The fourth-order valence-electron chi connectivity index (χ4n) is 3.22. The quantitative estimate of drug-likeness (QED) is 0.0567. The normalized spacial score (nSPS) is 13.9. The highest BCUT2D eigenvalue weighted by atomic mass is 19.4. The number of esters is 1. The number of halogens is 12. The van der Waals surface area contributed by atoms with E-state index in [-0.39, 0.29) is 39.3 Å². The summed E-state index contributed by atoms with van der Waals surface area (Å²) in [6, 6.07) is 0. The Hall–Kier alpha value is -1.75. The Labute approximate surface area is 229 Å². The molecule has 0 aromatic rings. The van der Waals surface area contributed by atoms with Crippen molar-refractivity contribution in [3.8, 4) is 0 Å². The first-order valence-electron chi connectivity index (χ1n) is 12.6. The van der Waals surface area contributed by atoms with Gasteiger partial charge in [0.2, 0.25) is 0 Å². The first-order valence-corrected chi connectivity index (χ1v) is 12.6. The van der Waals surface area contributed by atoms with Gasteiger partial charge in [0, 0.05) is 12.8 Å². The van der Waals surface area contributed by atoms with Crippen LogP contribution in [0, 0.1) is 0 Å². The van der Waals surface area contributed by atoms with Crippen molar-refractivity contribution >= 4 is 5.97 Å². The smallest absolute Gasteiger partial charge is 0.384 e. The lowest BCUT2D eigenvalue weighted by Crippen LogP contribution is -2.70. The van der Waals surface area contributed by atoms with Crippen molar-refractivity contribution in [3.05, 3.63) is 12.2 Å². The van der Waals surface area contributed by atoms with Crippen LogP contribution in [-0.2, 0) is 19.0 Å².